The summed E-state index contributed by atoms with van der Waals surface area (Å²) in [6.07, 6.45) is 4.75. The SMILES string of the molecule is Cc1cccn2cc(CNC(=O)Oc3cc(Cl)nc4c(I)cnn34)nc12. The molecule has 4 aromatic heterocycles. The number of ether oxygens (including phenoxy) is 1. The van der Waals surface area contributed by atoms with Crippen molar-refractivity contribution in [3.05, 3.63) is 56.8 Å². The Morgan fingerprint density at radius 2 is 2.23 bits per heavy atom. The fourth-order valence-corrected chi connectivity index (χ4v) is 3.18. The summed E-state index contributed by atoms with van der Waals surface area (Å²) in [7, 11) is 0. The van der Waals surface area contributed by atoms with Crippen molar-refractivity contribution in [2.75, 3.05) is 0 Å². The van der Waals surface area contributed by atoms with E-state index in [1.807, 2.05) is 35.9 Å². The van der Waals surface area contributed by atoms with Gasteiger partial charge in [0, 0.05) is 18.5 Å². The van der Waals surface area contributed by atoms with Crippen LogP contribution < -0.4 is 10.1 Å². The minimum absolute atomic E-state index is 0.186. The first kappa shape index (κ1) is 17.0. The highest BCUT2D eigenvalue weighted by molar-refractivity contribution is 14.1. The number of hydrogen-bond donors (Lipinski definition) is 1. The van der Waals surface area contributed by atoms with E-state index < -0.39 is 6.09 Å². The molecule has 0 aliphatic rings. The molecule has 0 saturated carbocycles. The minimum atomic E-state index is -0.632. The summed E-state index contributed by atoms with van der Waals surface area (Å²) in [6.45, 7) is 2.22. The highest BCUT2D eigenvalue weighted by Gasteiger charge is 2.14. The van der Waals surface area contributed by atoms with Crippen molar-refractivity contribution in [3.8, 4) is 5.88 Å². The Morgan fingerprint density at radius 1 is 1.38 bits per heavy atom. The number of rotatable bonds is 3. The zero-order valence-electron chi connectivity index (χ0n) is 13.5. The molecule has 8 nitrogen and oxygen atoms in total. The van der Waals surface area contributed by atoms with E-state index in [9.17, 15) is 4.79 Å². The van der Waals surface area contributed by atoms with Crippen molar-refractivity contribution < 1.29 is 9.53 Å². The molecule has 4 aromatic rings. The van der Waals surface area contributed by atoms with E-state index in [0.717, 1.165) is 20.5 Å². The topological polar surface area (TPSA) is 85.8 Å². The number of nitrogens with one attached hydrogen (secondary N) is 1. The number of carbonyl (C=O) groups is 1. The average Bonchev–Trinajstić information content (AvgIpc) is 3.18. The third kappa shape index (κ3) is 3.19. The second-order valence-corrected chi connectivity index (χ2v) is 7.09. The number of carbonyl (C=O) groups excluding carboxylic acids is 1. The predicted molar refractivity (Wildman–Crippen MR) is 104 cm³/mol. The first-order chi connectivity index (χ1) is 12.5. The van der Waals surface area contributed by atoms with Crippen molar-refractivity contribution in [2.24, 2.45) is 0 Å². The van der Waals surface area contributed by atoms with Gasteiger partial charge in [-0.2, -0.15) is 9.61 Å². The Hall–Kier alpha value is -2.40. The van der Waals surface area contributed by atoms with Crippen LogP contribution in [0.15, 0.2) is 36.8 Å². The van der Waals surface area contributed by atoms with Gasteiger partial charge in [0.1, 0.15) is 10.8 Å². The summed E-state index contributed by atoms with van der Waals surface area (Å²) < 4.78 is 9.46. The van der Waals surface area contributed by atoms with Gasteiger partial charge in [0.05, 0.1) is 22.0 Å². The molecule has 0 aliphatic carbocycles. The van der Waals surface area contributed by atoms with Crippen LogP contribution in [-0.4, -0.2) is 30.1 Å². The maximum Gasteiger partial charge on any atom is 0.414 e. The van der Waals surface area contributed by atoms with E-state index in [0.29, 0.717) is 5.65 Å². The molecule has 26 heavy (non-hydrogen) atoms. The first-order valence-electron chi connectivity index (χ1n) is 7.60. The molecule has 4 rings (SSSR count). The average molecular weight is 483 g/mol. The molecule has 0 atom stereocenters. The number of fused-ring (bicyclic) bond motifs is 2. The lowest BCUT2D eigenvalue weighted by Gasteiger charge is -2.07. The molecule has 0 aromatic carbocycles. The third-order valence-electron chi connectivity index (χ3n) is 3.70. The quantitative estimate of drug-likeness (QED) is 0.358. The summed E-state index contributed by atoms with van der Waals surface area (Å²) in [6, 6.07) is 5.36. The summed E-state index contributed by atoms with van der Waals surface area (Å²) in [5.74, 6) is 0.186. The Kier molecular flexibility index (Phi) is 4.41. The minimum Gasteiger partial charge on any atom is -0.391 e. The summed E-state index contributed by atoms with van der Waals surface area (Å²) in [5.41, 5.74) is 3.16. The van der Waals surface area contributed by atoms with Crippen LogP contribution in [0.1, 0.15) is 11.3 Å². The van der Waals surface area contributed by atoms with E-state index in [1.165, 1.54) is 10.6 Å². The van der Waals surface area contributed by atoms with Crippen LogP contribution in [0, 0.1) is 10.5 Å². The third-order valence-corrected chi connectivity index (χ3v) is 4.66. The van der Waals surface area contributed by atoms with Gasteiger partial charge in [-0.1, -0.05) is 17.7 Å². The largest absolute Gasteiger partial charge is 0.414 e. The van der Waals surface area contributed by atoms with Gasteiger partial charge in [-0.15, -0.1) is 0 Å². The van der Waals surface area contributed by atoms with Crippen LogP contribution in [0.4, 0.5) is 4.79 Å². The Bertz CT molecular complexity index is 1140. The van der Waals surface area contributed by atoms with Crippen molar-refractivity contribution in [2.45, 2.75) is 13.5 Å². The van der Waals surface area contributed by atoms with Gasteiger partial charge in [-0.3, -0.25) is 0 Å². The number of imidazole rings is 1. The highest BCUT2D eigenvalue weighted by atomic mass is 127. The van der Waals surface area contributed by atoms with Crippen LogP contribution in [0.5, 0.6) is 5.88 Å². The van der Waals surface area contributed by atoms with Crippen molar-refractivity contribution in [3.63, 3.8) is 0 Å². The smallest absolute Gasteiger partial charge is 0.391 e. The monoisotopic (exact) mass is 482 g/mol. The Labute approximate surface area is 166 Å². The van der Waals surface area contributed by atoms with Gasteiger partial charge in [0.15, 0.2) is 5.65 Å². The van der Waals surface area contributed by atoms with E-state index in [-0.39, 0.29) is 17.6 Å². The molecule has 1 N–H and O–H groups in total. The number of amides is 1. The van der Waals surface area contributed by atoms with Crippen molar-refractivity contribution >= 4 is 51.6 Å². The van der Waals surface area contributed by atoms with Crippen LogP contribution >= 0.6 is 34.2 Å². The molecule has 0 bridgehead atoms. The molecule has 0 fully saturated rings. The second kappa shape index (κ2) is 6.72. The maximum atomic E-state index is 12.2. The summed E-state index contributed by atoms with van der Waals surface area (Å²) >= 11 is 8.07. The number of aromatic nitrogens is 5. The van der Waals surface area contributed by atoms with Crippen LogP contribution in [-0.2, 0) is 6.54 Å². The molecular formula is C16H12ClIN6O2. The van der Waals surface area contributed by atoms with Gasteiger partial charge in [0.25, 0.3) is 0 Å². The molecule has 0 radical (unpaired) electrons. The Morgan fingerprint density at radius 3 is 3.04 bits per heavy atom. The zero-order chi connectivity index (χ0) is 18.3. The molecule has 0 spiro atoms. The van der Waals surface area contributed by atoms with E-state index >= 15 is 0 Å². The molecule has 132 valence electrons. The fourth-order valence-electron chi connectivity index (χ4n) is 2.54. The van der Waals surface area contributed by atoms with E-state index in [2.05, 4.69) is 43.0 Å². The molecule has 4 heterocycles. The lowest BCUT2D eigenvalue weighted by Crippen LogP contribution is -2.27. The number of pyridine rings is 1. The van der Waals surface area contributed by atoms with E-state index in [1.54, 1.807) is 6.20 Å². The molecule has 10 heteroatoms. The number of halogens is 2. The number of hydrogen-bond acceptors (Lipinski definition) is 5. The van der Waals surface area contributed by atoms with Gasteiger partial charge in [-0.25, -0.2) is 14.8 Å². The Balaban J connectivity index is 1.49. The fraction of sp³-hybridized carbons (Fsp3) is 0.125. The maximum absolute atomic E-state index is 12.2. The zero-order valence-corrected chi connectivity index (χ0v) is 16.4. The van der Waals surface area contributed by atoms with Crippen molar-refractivity contribution in [1.82, 2.24) is 29.3 Å². The summed E-state index contributed by atoms with van der Waals surface area (Å²) in [5, 5.41) is 7.03. The molecule has 1 amide bonds. The number of nitrogens with zero attached hydrogens (tertiary/aromatic N) is 5. The van der Waals surface area contributed by atoms with Crippen LogP contribution in [0.2, 0.25) is 5.15 Å². The normalized spacial score (nSPS) is 11.2. The second-order valence-electron chi connectivity index (χ2n) is 5.54. The highest BCUT2D eigenvalue weighted by Crippen LogP contribution is 2.21. The van der Waals surface area contributed by atoms with Gasteiger partial charge in [0.2, 0.25) is 5.88 Å². The van der Waals surface area contributed by atoms with Gasteiger partial charge >= 0.3 is 6.09 Å². The standard InChI is InChI=1S/C16H12ClIN6O2/c1-9-3-2-4-23-8-10(21-14(9)23)6-19-16(25)26-13-5-12(17)22-15-11(18)7-20-24(13)15/h2-5,7-8H,6H2,1H3,(H,19,25). The van der Waals surface area contributed by atoms with Crippen molar-refractivity contribution in [1.29, 1.82) is 0 Å². The predicted octanol–water partition coefficient (Wildman–Crippen LogP) is 3.23. The molecule has 0 saturated heterocycles. The van der Waals surface area contributed by atoms with E-state index in [4.69, 9.17) is 16.3 Å². The lowest BCUT2D eigenvalue weighted by atomic mass is 10.3. The van der Waals surface area contributed by atoms with Gasteiger partial charge in [-0.05, 0) is 41.1 Å². The molecular weight excluding hydrogens is 471 g/mol. The first-order valence-corrected chi connectivity index (χ1v) is 9.05. The molecule has 0 unspecified atom stereocenters. The van der Waals surface area contributed by atoms with Crippen LogP contribution in [0.3, 0.4) is 0 Å². The van der Waals surface area contributed by atoms with Gasteiger partial charge < -0.3 is 14.5 Å². The molecule has 0 aliphatic heterocycles. The lowest BCUT2D eigenvalue weighted by molar-refractivity contribution is 0.196. The van der Waals surface area contributed by atoms with Crippen LogP contribution in [0.25, 0.3) is 11.3 Å². The summed E-state index contributed by atoms with van der Waals surface area (Å²) in [4.78, 5) is 20.8. The number of aryl methyl sites for hydroxylation is 1.